The van der Waals surface area contributed by atoms with Crippen molar-refractivity contribution in [3.8, 4) is 0 Å². The van der Waals surface area contributed by atoms with Crippen LogP contribution in [0, 0.1) is 5.92 Å². The Hall–Kier alpha value is -1.04. The first kappa shape index (κ1) is 10.5. The monoisotopic (exact) mass is 200 g/mol. The van der Waals surface area contributed by atoms with Crippen LogP contribution >= 0.6 is 0 Å². The van der Waals surface area contributed by atoms with Gasteiger partial charge in [0.25, 0.3) is 0 Å². The number of hydrogen-bond donors (Lipinski definition) is 0. The highest BCUT2D eigenvalue weighted by Crippen LogP contribution is 2.23. The van der Waals surface area contributed by atoms with Crippen molar-refractivity contribution in [3.63, 3.8) is 0 Å². The Bertz CT molecular complexity index is 287. The first-order valence-corrected chi connectivity index (χ1v) is 6.14. The van der Waals surface area contributed by atoms with Crippen molar-refractivity contribution in [1.29, 1.82) is 0 Å². The third-order valence-corrected chi connectivity index (χ3v) is 3.33. The summed E-state index contributed by atoms with van der Waals surface area (Å²) in [5.74, 6) is 0.945. The van der Waals surface area contributed by atoms with E-state index in [9.17, 15) is 0 Å². The minimum atomic E-state index is 0.945. The van der Waals surface area contributed by atoms with Gasteiger partial charge in [0.05, 0.1) is 0 Å². The van der Waals surface area contributed by atoms with E-state index in [0.29, 0.717) is 0 Å². The van der Waals surface area contributed by atoms with Crippen LogP contribution in [0.1, 0.15) is 37.7 Å². The number of allylic oxidation sites excluding steroid dienone is 2. The topological polar surface area (TPSA) is 0 Å². The van der Waals surface area contributed by atoms with E-state index >= 15 is 0 Å². The van der Waals surface area contributed by atoms with Gasteiger partial charge in [-0.05, 0) is 50.0 Å². The molecule has 0 spiro atoms. The molecule has 0 amide bonds. The van der Waals surface area contributed by atoms with E-state index in [1.807, 2.05) is 0 Å². The lowest BCUT2D eigenvalue weighted by Gasteiger charge is -2.13. The van der Waals surface area contributed by atoms with Gasteiger partial charge in [-0.15, -0.1) is 0 Å². The molecule has 0 aromatic heterocycles. The Morgan fingerprint density at radius 1 is 0.933 bits per heavy atom. The first-order valence-electron chi connectivity index (χ1n) is 6.14. The summed E-state index contributed by atoms with van der Waals surface area (Å²) in [6, 6.07) is 10.9. The number of aryl methyl sites for hydroxylation is 1. The summed E-state index contributed by atoms with van der Waals surface area (Å²) in [6.45, 7) is 0. The second kappa shape index (κ2) is 5.75. The molecule has 0 bridgehead atoms. The van der Waals surface area contributed by atoms with E-state index < -0.39 is 0 Å². The zero-order valence-corrected chi connectivity index (χ0v) is 9.36. The minimum absolute atomic E-state index is 0.945. The minimum Gasteiger partial charge on any atom is -0.0885 e. The number of benzene rings is 1. The van der Waals surface area contributed by atoms with E-state index in [4.69, 9.17) is 0 Å². The van der Waals surface area contributed by atoms with Gasteiger partial charge >= 0.3 is 0 Å². The van der Waals surface area contributed by atoms with E-state index in [1.54, 1.807) is 0 Å². The molecule has 0 aliphatic heterocycles. The van der Waals surface area contributed by atoms with Gasteiger partial charge in [0.1, 0.15) is 0 Å². The fourth-order valence-electron chi connectivity index (χ4n) is 2.35. The van der Waals surface area contributed by atoms with E-state index in [0.717, 1.165) is 5.92 Å². The summed E-state index contributed by atoms with van der Waals surface area (Å²) in [7, 11) is 0. The van der Waals surface area contributed by atoms with Crippen LogP contribution in [-0.2, 0) is 6.42 Å². The molecule has 80 valence electrons. The second-order valence-corrected chi connectivity index (χ2v) is 4.52. The Balaban J connectivity index is 1.78. The average molecular weight is 200 g/mol. The molecule has 15 heavy (non-hydrogen) atoms. The van der Waals surface area contributed by atoms with Crippen molar-refractivity contribution < 1.29 is 0 Å². The Morgan fingerprint density at radius 3 is 2.27 bits per heavy atom. The Labute approximate surface area is 93.0 Å². The molecular weight excluding hydrogens is 180 g/mol. The van der Waals surface area contributed by atoms with Crippen molar-refractivity contribution >= 4 is 0 Å². The summed E-state index contributed by atoms with van der Waals surface area (Å²) in [6.07, 6.45) is 12.7. The molecule has 0 nitrogen and oxygen atoms in total. The van der Waals surface area contributed by atoms with Gasteiger partial charge in [0.15, 0.2) is 0 Å². The summed E-state index contributed by atoms with van der Waals surface area (Å²) < 4.78 is 0. The zero-order chi connectivity index (χ0) is 10.3. The van der Waals surface area contributed by atoms with Gasteiger partial charge in [-0.1, -0.05) is 42.5 Å². The second-order valence-electron chi connectivity index (χ2n) is 4.52. The zero-order valence-electron chi connectivity index (χ0n) is 9.36. The third-order valence-electron chi connectivity index (χ3n) is 3.33. The van der Waals surface area contributed by atoms with Gasteiger partial charge in [-0.25, -0.2) is 0 Å². The molecule has 1 aliphatic carbocycles. The van der Waals surface area contributed by atoms with E-state index in [1.165, 1.54) is 44.1 Å². The van der Waals surface area contributed by atoms with E-state index in [-0.39, 0.29) is 0 Å². The van der Waals surface area contributed by atoms with Gasteiger partial charge in [0.2, 0.25) is 0 Å². The van der Waals surface area contributed by atoms with Crippen LogP contribution in [0.5, 0.6) is 0 Å². The van der Waals surface area contributed by atoms with Crippen LogP contribution in [0.25, 0.3) is 0 Å². The highest BCUT2D eigenvalue weighted by molar-refractivity contribution is 5.14. The summed E-state index contributed by atoms with van der Waals surface area (Å²) in [4.78, 5) is 0. The van der Waals surface area contributed by atoms with Crippen LogP contribution < -0.4 is 0 Å². The first-order chi connectivity index (χ1) is 7.45. The molecule has 2 rings (SSSR count). The van der Waals surface area contributed by atoms with Gasteiger partial charge in [0, 0.05) is 0 Å². The Morgan fingerprint density at radius 2 is 1.60 bits per heavy atom. The molecular formula is C15H20. The molecule has 0 N–H and O–H groups in total. The predicted molar refractivity (Wildman–Crippen MR) is 65.9 cm³/mol. The molecule has 0 atom stereocenters. The molecule has 1 aromatic rings. The number of rotatable bonds is 3. The summed E-state index contributed by atoms with van der Waals surface area (Å²) in [5, 5.41) is 0. The van der Waals surface area contributed by atoms with Crippen LogP contribution in [0.15, 0.2) is 42.5 Å². The molecule has 0 radical (unpaired) electrons. The molecule has 0 heteroatoms. The van der Waals surface area contributed by atoms with Crippen molar-refractivity contribution in [2.45, 2.75) is 38.5 Å². The van der Waals surface area contributed by atoms with Gasteiger partial charge in [-0.3, -0.25) is 0 Å². The molecule has 0 saturated carbocycles. The van der Waals surface area contributed by atoms with Crippen LogP contribution in [0.4, 0.5) is 0 Å². The molecule has 0 heterocycles. The molecule has 1 aliphatic rings. The highest BCUT2D eigenvalue weighted by Gasteiger charge is 2.09. The van der Waals surface area contributed by atoms with Gasteiger partial charge < -0.3 is 0 Å². The normalized spacial score (nSPS) is 17.6. The van der Waals surface area contributed by atoms with Crippen molar-refractivity contribution in [2.24, 2.45) is 5.92 Å². The smallest absolute Gasteiger partial charge is 0.0276 e. The van der Waals surface area contributed by atoms with Crippen LogP contribution in [0.2, 0.25) is 0 Å². The molecule has 0 saturated heterocycles. The average Bonchev–Trinajstić information content (AvgIpc) is 2.56. The quantitative estimate of drug-likeness (QED) is 0.636. The fourth-order valence-corrected chi connectivity index (χ4v) is 2.35. The van der Waals surface area contributed by atoms with E-state index in [2.05, 4.69) is 42.5 Å². The SMILES string of the molecule is C1=CCCC(CCc2ccccc2)CC1. The Kier molecular flexibility index (Phi) is 4.01. The van der Waals surface area contributed by atoms with Crippen LogP contribution in [-0.4, -0.2) is 0 Å². The molecule has 0 fully saturated rings. The standard InChI is InChI=1S/C15H20/c1-2-5-9-14(8-4-1)12-13-15-10-6-3-7-11-15/h1-3,6-7,10-11,14H,4-5,8-9,12-13H2. The lowest BCUT2D eigenvalue weighted by Crippen LogP contribution is -2.00. The van der Waals surface area contributed by atoms with Gasteiger partial charge in [-0.2, -0.15) is 0 Å². The molecule has 0 unspecified atom stereocenters. The maximum absolute atomic E-state index is 2.35. The maximum Gasteiger partial charge on any atom is -0.0276 e. The third kappa shape index (κ3) is 3.54. The highest BCUT2D eigenvalue weighted by atomic mass is 14.1. The predicted octanol–water partition coefficient (Wildman–Crippen LogP) is 4.37. The molecule has 1 aromatic carbocycles. The summed E-state index contributed by atoms with van der Waals surface area (Å²) in [5.41, 5.74) is 1.50. The lowest BCUT2D eigenvalue weighted by atomic mass is 9.93. The summed E-state index contributed by atoms with van der Waals surface area (Å²) >= 11 is 0. The maximum atomic E-state index is 2.35. The van der Waals surface area contributed by atoms with Crippen LogP contribution in [0.3, 0.4) is 0 Å². The lowest BCUT2D eigenvalue weighted by molar-refractivity contribution is 0.434. The number of hydrogen-bond acceptors (Lipinski definition) is 0. The van der Waals surface area contributed by atoms with Crippen molar-refractivity contribution in [2.75, 3.05) is 0 Å². The van der Waals surface area contributed by atoms with Crippen molar-refractivity contribution in [3.05, 3.63) is 48.0 Å². The fraction of sp³-hybridized carbons (Fsp3) is 0.467. The largest absolute Gasteiger partial charge is 0.0885 e. The van der Waals surface area contributed by atoms with Crippen molar-refractivity contribution in [1.82, 2.24) is 0 Å².